The van der Waals surface area contributed by atoms with Crippen LogP contribution in [0.3, 0.4) is 0 Å². The van der Waals surface area contributed by atoms with Crippen LogP contribution >= 0.6 is 0 Å². The third-order valence-electron chi connectivity index (χ3n) is 4.87. The van der Waals surface area contributed by atoms with Gasteiger partial charge in [0.2, 0.25) is 0 Å². The molecule has 3 aromatic carbocycles. The topological polar surface area (TPSA) is 55.7 Å². The van der Waals surface area contributed by atoms with E-state index in [1.54, 1.807) is 14.2 Å². The monoisotopic (exact) mass is 397 g/mol. The summed E-state index contributed by atoms with van der Waals surface area (Å²) in [4.78, 5) is 9.77. The molecule has 30 heavy (non-hydrogen) atoms. The first-order chi connectivity index (χ1) is 14.7. The second kappa shape index (κ2) is 8.66. The number of ether oxygens (including phenoxy) is 1. The van der Waals surface area contributed by atoms with Gasteiger partial charge in [-0.1, -0.05) is 47.6 Å². The first kappa shape index (κ1) is 19.5. The molecule has 1 N–H and O–H groups in total. The van der Waals surface area contributed by atoms with Crippen LogP contribution in [0.15, 0.2) is 84.0 Å². The van der Waals surface area contributed by atoms with Crippen LogP contribution in [-0.2, 0) is 4.84 Å². The summed E-state index contributed by atoms with van der Waals surface area (Å²) >= 11 is 0. The Hall–Kier alpha value is -3.86. The SMILES string of the molecule is CO/N=C(/C)c1cccc(Nc2cc(-c3ccccc3)nc3ccc(OC)cc23)c1. The van der Waals surface area contributed by atoms with Crippen molar-refractivity contribution in [3.8, 4) is 17.0 Å². The van der Waals surface area contributed by atoms with Gasteiger partial charge in [0.25, 0.3) is 0 Å². The summed E-state index contributed by atoms with van der Waals surface area (Å²) in [5.41, 5.74) is 6.57. The fourth-order valence-corrected chi connectivity index (χ4v) is 3.36. The molecule has 5 nitrogen and oxygen atoms in total. The lowest BCUT2D eigenvalue weighted by atomic mass is 10.1. The lowest BCUT2D eigenvalue weighted by molar-refractivity contribution is 0.213. The van der Waals surface area contributed by atoms with Crippen molar-refractivity contribution in [1.82, 2.24) is 4.98 Å². The van der Waals surface area contributed by atoms with Crippen LogP contribution in [0.5, 0.6) is 5.75 Å². The summed E-state index contributed by atoms with van der Waals surface area (Å²) in [6.45, 7) is 1.92. The third-order valence-corrected chi connectivity index (χ3v) is 4.87. The number of hydrogen-bond acceptors (Lipinski definition) is 5. The quantitative estimate of drug-likeness (QED) is 0.319. The number of aromatic nitrogens is 1. The van der Waals surface area contributed by atoms with Crippen molar-refractivity contribution < 1.29 is 9.57 Å². The molecule has 4 rings (SSSR count). The molecule has 0 aliphatic rings. The molecule has 150 valence electrons. The highest BCUT2D eigenvalue weighted by atomic mass is 16.6. The molecule has 0 aliphatic heterocycles. The molecule has 0 fully saturated rings. The smallest absolute Gasteiger partial charge is 0.119 e. The number of nitrogens with one attached hydrogen (secondary N) is 1. The Kier molecular flexibility index (Phi) is 5.61. The molecule has 0 saturated carbocycles. The van der Waals surface area contributed by atoms with E-state index in [9.17, 15) is 0 Å². The number of hydrogen-bond donors (Lipinski definition) is 1. The standard InChI is InChI=1S/C25H23N3O2/c1-17(28-30-3)19-10-7-11-20(14-19)26-25-16-24(18-8-5-4-6-9-18)27-23-13-12-21(29-2)15-22(23)25/h4-16H,1-3H3,(H,26,27)/b28-17-. The van der Waals surface area contributed by atoms with Crippen molar-refractivity contribution in [3.05, 3.63) is 84.4 Å². The summed E-state index contributed by atoms with van der Waals surface area (Å²) in [5.74, 6) is 0.789. The van der Waals surface area contributed by atoms with Crippen LogP contribution in [0.1, 0.15) is 12.5 Å². The average molecular weight is 397 g/mol. The van der Waals surface area contributed by atoms with E-state index in [4.69, 9.17) is 14.6 Å². The van der Waals surface area contributed by atoms with Crippen LogP contribution in [0, 0.1) is 0 Å². The van der Waals surface area contributed by atoms with Crippen LogP contribution in [-0.4, -0.2) is 24.9 Å². The van der Waals surface area contributed by atoms with Crippen molar-refractivity contribution in [3.63, 3.8) is 0 Å². The number of anilines is 2. The molecule has 0 atom stereocenters. The number of benzene rings is 3. The largest absolute Gasteiger partial charge is 0.497 e. The van der Waals surface area contributed by atoms with Crippen molar-refractivity contribution >= 4 is 28.0 Å². The molecular weight excluding hydrogens is 374 g/mol. The number of oxime groups is 1. The van der Waals surface area contributed by atoms with Crippen LogP contribution in [0.4, 0.5) is 11.4 Å². The predicted octanol–water partition coefficient (Wildman–Crippen LogP) is 6.02. The molecule has 0 saturated heterocycles. The zero-order chi connectivity index (χ0) is 20.9. The number of fused-ring (bicyclic) bond motifs is 1. The van der Waals surface area contributed by atoms with Gasteiger partial charge in [0.15, 0.2) is 0 Å². The van der Waals surface area contributed by atoms with E-state index in [-0.39, 0.29) is 0 Å². The Balaban J connectivity index is 1.82. The minimum Gasteiger partial charge on any atom is -0.497 e. The van der Waals surface area contributed by atoms with Crippen LogP contribution < -0.4 is 10.1 Å². The van der Waals surface area contributed by atoms with Gasteiger partial charge >= 0.3 is 0 Å². The second-order valence-electron chi connectivity index (χ2n) is 6.87. The predicted molar refractivity (Wildman–Crippen MR) is 123 cm³/mol. The molecule has 0 bridgehead atoms. The first-order valence-electron chi connectivity index (χ1n) is 9.67. The van der Waals surface area contributed by atoms with E-state index in [2.05, 4.69) is 28.7 Å². The van der Waals surface area contributed by atoms with E-state index in [1.165, 1.54) is 0 Å². The molecule has 1 heterocycles. The van der Waals surface area contributed by atoms with Crippen molar-refractivity contribution in [2.75, 3.05) is 19.5 Å². The van der Waals surface area contributed by atoms with Crippen LogP contribution in [0.2, 0.25) is 0 Å². The van der Waals surface area contributed by atoms with E-state index in [0.717, 1.165) is 50.6 Å². The first-order valence-corrected chi connectivity index (χ1v) is 9.67. The Morgan fingerprint density at radius 1 is 0.900 bits per heavy atom. The molecule has 0 aliphatic carbocycles. The summed E-state index contributed by atoms with van der Waals surface area (Å²) < 4.78 is 5.43. The van der Waals surface area contributed by atoms with Gasteiger partial charge in [-0.05, 0) is 43.3 Å². The molecule has 0 radical (unpaired) electrons. The zero-order valence-electron chi connectivity index (χ0n) is 17.2. The molecule has 0 spiro atoms. The van der Waals surface area contributed by atoms with E-state index >= 15 is 0 Å². The Morgan fingerprint density at radius 2 is 1.73 bits per heavy atom. The maximum Gasteiger partial charge on any atom is 0.119 e. The Labute approximate surface area is 176 Å². The van der Waals surface area contributed by atoms with Gasteiger partial charge in [-0.25, -0.2) is 4.98 Å². The maximum atomic E-state index is 5.43. The zero-order valence-corrected chi connectivity index (χ0v) is 17.2. The average Bonchev–Trinajstić information content (AvgIpc) is 2.79. The van der Waals surface area contributed by atoms with Crippen molar-refractivity contribution in [1.29, 1.82) is 0 Å². The van der Waals surface area contributed by atoms with E-state index in [0.29, 0.717) is 0 Å². The summed E-state index contributed by atoms with van der Waals surface area (Å²) in [7, 11) is 3.22. The highest BCUT2D eigenvalue weighted by Crippen LogP contribution is 2.33. The molecule has 1 aromatic heterocycles. The summed E-state index contributed by atoms with van der Waals surface area (Å²) in [5, 5.41) is 8.57. The fraction of sp³-hybridized carbons (Fsp3) is 0.120. The van der Waals surface area contributed by atoms with Crippen molar-refractivity contribution in [2.24, 2.45) is 5.16 Å². The van der Waals surface area contributed by atoms with Gasteiger partial charge in [0.1, 0.15) is 12.9 Å². The number of rotatable bonds is 6. The van der Waals surface area contributed by atoms with Crippen LogP contribution in [0.25, 0.3) is 22.2 Å². The van der Waals surface area contributed by atoms with Gasteiger partial charge in [0, 0.05) is 22.2 Å². The fourth-order valence-electron chi connectivity index (χ4n) is 3.36. The normalized spacial score (nSPS) is 11.4. The van der Waals surface area contributed by atoms with Crippen molar-refractivity contribution in [2.45, 2.75) is 6.92 Å². The highest BCUT2D eigenvalue weighted by Gasteiger charge is 2.10. The highest BCUT2D eigenvalue weighted by molar-refractivity contribution is 6.00. The maximum absolute atomic E-state index is 5.43. The van der Waals surface area contributed by atoms with Gasteiger partial charge < -0.3 is 14.9 Å². The number of methoxy groups -OCH3 is 1. The van der Waals surface area contributed by atoms with Gasteiger partial charge in [-0.15, -0.1) is 0 Å². The number of nitrogens with zero attached hydrogens (tertiary/aromatic N) is 2. The van der Waals surface area contributed by atoms with Gasteiger partial charge in [0.05, 0.1) is 29.7 Å². The van der Waals surface area contributed by atoms with E-state index in [1.807, 2.05) is 67.6 Å². The summed E-state index contributed by atoms with van der Waals surface area (Å²) in [6, 6.07) is 26.2. The molecule has 4 aromatic rings. The summed E-state index contributed by atoms with van der Waals surface area (Å²) in [6.07, 6.45) is 0. The second-order valence-corrected chi connectivity index (χ2v) is 6.87. The third kappa shape index (κ3) is 4.10. The minimum absolute atomic E-state index is 0.789. The lowest BCUT2D eigenvalue weighted by Gasteiger charge is -2.14. The Bertz CT molecular complexity index is 1200. The molecule has 0 unspecified atom stereocenters. The molecular formula is C25H23N3O2. The van der Waals surface area contributed by atoms with Gasteiger partial charge in [-0.3, -0.25) is 0 Å². The lowest BCUT2D eigenvalue weighted by Crippen LogP contribution is -1.99. The van der Waals surface area contributed by atoms with E-state index < -0.39 is 0 Å². The molecule has 5 heteroatoms. The number of pyridine rings is 1. The molecule has 0 amide bonds. The van der Waals surface area contributed by atoms with Gasteiger partial charge in [-0.2, -0.15) is 0 Å². The minimum atomic E-state index is 0.789. The Morgan fingerprint density at radius 3 is 2.50 bits per heavy atom.